The van der Waals surface area contributed by atoms with Crippen LogP contribution in [0.5, 0.6) is 0 Å². The number of carbonyl (C=O) groups is 2. The molecule has 4 aromatic rings. The van der Waals surface area contributed by atoms with E-state index in [1.165, 1.54) is 35.2 Å². The van der Waals surface area contributed by atoms with Crippen LogP contribution in [0.15, 0.2) is 108 Å². The number of carbonyl (C=O) groups excluding carboxylic acids is 2. The third-order valence-electron chi connectivity index (χ3n) is 7.01. The van der Waals surface area contributed by atoms with Crippen LogP contribution < -0.4 is 9.62 Å². The predicted molar refractivity (Wildman–Crippen MR) is 181 cm³/mol. The van der Waals surface area contributed by atoms with Crippen LogP contribution in [0.1, 0.15) is 37.5 Å². The van der Waals surface area contributed by atoms with Crippen LogP contribution in [0.4, 0.5) is 5.69 Å². The second kappa shape index (κ2) is 14.5. The number of anilines is 1. The van der Waals surface area contributed by atoms with Crippen LogP contribution in [-0.4, -0.2) is 43.3 Å². The maximum absolute atomic E-state index is 14.5. The summed E-state index contributed by atoms with van der Waals surface area (Å²) in [5, 5.41) is 3.41. The summed E-state index contributed by atoms with van der Waals surface area (Å²) in [6.45, 7) is 7.05. The maximum Gasteiger partial charge on any atom is 0.264 e. The van der Waals surface area contributed by atoms with Crippen molar-refractivity contribution in [1.29, 1.82) is 0 Å². The number of rotatable bonds is 11. The number of benzene rings is 4. The molecule has 0 spiro atoms. The molecule has 4 aromatic carbocycles. The van der Waals surface area contributed by atoms with Crippen molar-refractivity contribution in [2.75, 3.05) is 10.8 Å². The Morgan fingerprint density at radius 1 is 0.800 bits per heavy atom. The zero-order valence-corrected chi connectivity index (χ0v) is 28.0. The van der Waals surface area contributed by atoms with E-state index in [2.05, 4.69) is 5.32 Å². The molecule has 1 N–H and O–H groups in total. The molecule has 0 heterocycles. The van der Waals surface area contributed by atoms with E-state index in [4.69, 9.17) is 23.2 Å². The Balaban J connectivity index is 1.83. The van der Waals surface area contributed by atoms with Gasteiger partial charge in [0.2, 0.25) is 11.8 Å². The molecule has 0 fully saturated rings. The van der Waals surface area contributed by atoms with E-state index in [9.17, 15) is 18.0 Å². The van der Waals surface area contributed by atoms with E-state index in [1.54, 1.807) is 18.2 Å². The average molecular weight is 667 g/mol. The van der Waals surface area contributed by atoms with Gasteiger partial charge in [-0.2, -0.15) is 0 Å². The largest absolute Gasteiger partial charge is 0.350 e. The summed E-state index contributed by atoms with van der Waals surface area (Å²) in [4.78, 5) is 29.9. The van der Waals surface area contributed by atoms with Crippen LogP contribution in [-0.2, 0) is 32.6 Å². The van der Waals surface area contributed by atoms with Crippen LogP contribution in [0.3, 0.4) is 0 Å². The van der Waals surface area contributed by atoms with Gasteiger partial charge in [-0.05, 0) is 69.2 Å². The van der Waals surface area contributed by atoms with E-state index < -0.39 is 34.1 Å². The molecule has 0 saturated carbocycles. The highest BCUT2D eigenvalue weighted by atomic mass is 35.5. The van der Waals surface area contributed by atoms with Gasteiger partial charge in [-0.1, -0.05) is 102 Å². The van der Waals surface area contributed by atoms with Crippen LogP contribution in [0.25, 0.3) is 0 Å². The fourth-order valence-corrected chi connectivity index (χ4v) is 6.62. The minimum absolute atomic E-state index is 0.000387. The summed E-state index contributed by atoms with van der Waals surface area (Å²) in [7, 11) is -4.24. The average Bonchev–Trinajstić information content (AvgIpc) is 2.99. The van der Waals surface area contributed by atoms with Crippen LogP contribution in [0.2, 0.25) is 10.0 Å². The van der Waals surface area contributed by atoms with Gasteiger partial charge in [0.05, 0.1) is 20.6 Å². The number of sulfonamides is 1. The zero-order chi connectivity index (χ0) is 32.8. The Morgan fingerprint density at radius 3 is 2.02 bits per heavy atom. The second-order valence-electron chi connectivity index (χ2n) is 11.9. The van der Waals surface area contributed by atoms with Crippen molar-refractivity contribution in [3.05, 3.63) is 130 Å². The molecular formula is C35H37Cl2N3O4S. The first-order valence-corrected chi connectivity index (χ1v) is 16.7. The van der Waals surface area contributed by atoms with Gasteiger partial charge in [-0.25, -0.2) is 8.42 Å². The molecule has 0 aliphatic carbocycles. The monoisotopic (exact) mass is 665 g/mol. The number of nitrogens with one attached hydrogen (secondary N) is 1. The standard InChI is InChI=1S/C35H37Cl2N3O4S/c1-25-12-11-15-27(20-25)23-39(32(34(42)38-35(2,3)4)21-26-13-7-5-8-14-26)33(41)24-40(28-18-19-30(36)31(37)22-28)45(43,44)29-16-9-6-10-17-29/h5-20,22,32H,21,23-24H2,1-4H3,(H,38,42)/t32-/m1/s1. The zero-order valence-electron chi connectivity index (χ0n) is 25.7. The molecule has 0 aromatic heterocycles. The predicted octanol–water partition coefficient (Wildman–Crippen LogP) is 7.05. The Labute approximate surface area is 275 Å². The molecule has 45 heavy (non-hydrogen) atoms. The Kier molecular flexibility index (Phi) is 11.0. The number of halogens is 2. The van der Waals surface area contributed by atoms with Gasteiger partial charge in [-0.15, -0.1) is 0 Å². The molecule has 236 valence electrons. The Hall–Kier alpha value is -3.85. The quantitative estimate of drug-likeness (QED) is 0.186. The molecular weight excluding hydrogens is 629 g/mol. The van der Waals surface area contributed by atoms with Crippen molar-refractivity contribution in [2.45, 2.75) is 57.1 Å². The van der Waals surface area contributed by atoms with E-state index in [0.717, 1.165) is 21.0 Å². The van der Waals surface area contributed by atoms with Gasteiger partial charge in [-0.3, -0.25) is 13.9 Å². The SMILES string of the molecule is Cc1cccc(CN(C(=O)CN(c2ccc(Cl)c(Cl)c2)S(=O)(=O)c2ccccc2)[C@H](Cc2ccccc2)C(=O)NC(C)(C)C)c1. The molecule has 0 aliphatic rings. The number of aryl methyl sites for hydroxylation is 1. The first-order chi connectivity index (χ1) is 21.2. The van der Waals surface area contributed by atoms with Gasteiger partial charge in [0.15, 0.2) is 0 Å². The lowest BCUT2D eigenvalue weighted by Crippen LogP contribution is -2.56. The molecule has 7 nitrogen and oxygen atoms in total. The topological polar surface area (TPSA) is 86.8 Å². The first-order valence-electron chi connectivity index (χ1n) is 14.5. The fraction of sp³-hybridized carbons (Fsp3) is 0.257. The number of nitrogens with zero attached hydrogens (tertiary/aromatic N) is 2. The van der Waals surface area contributed by atoms with E-state index in [1.807, 2.05) is 82.3 Å². The molecule has 2 amide bonds. The summed E-state index contributed by atoms with van der Waals surface area (Å²) in [5.74, 6) is -0.911. The molecule has 0 unspecified atom stereocenters. The maximum atomic E-state index is 14.5. The Bertz CT molecular complexity index is 1740. The van der Waals surface area contributed by atoms with Gasteiger partial charge in [0.25, 0.3) is 10.0 Å². The highest BCUT2D eigenvalue weighted by Crippen LogP contribution is 2.31. The Morgan fingerprint density at radius 2 is 1.42 bits per heavy atom. The molecule has 4 rings (SSSR count). The second-order valence-corrected chi connectivity index (χ2v) is 14.6. The summed E-state index contributed by atoms with van der Waals surface area (Å²) < 4.78 is 29.2. The van der Waals surface area contributed by atoms with Crippen molar-refractivity contribution < 1.29 is 18.0 Å². The van der Waals surface area contributed by atoms with Crippen molar-refractivity contribution in [1.82, 2.24) is 10.2 Å². The van der Waals surface area contributed by atoms with Gasteiger partial charge < -0.3 is 10.2 Å². The van der Waals surface area contributed by atoms with Gasteiger partial charge >= 0.3 is 0 Å². The van der Waals surface area contributed by atoms with Gasteiger partial charge in [0, 0.05) is 18.5 Å². The van der Waals surface area contributed by atoms with Crippen LogP contribution in [0, 0.1) is 6.92 Å². The highest BCUT2D eigenvalue weighted by Gasteiger charge is 2.35. The van der Waals surface area contributed by atoms with Crippen molar-refractivity contribution in [3.63, 3.8) is 0 Å². The van der Waals surface area contributed by atoms with Crippen molar-refractivity contribution >= 4 is 50.7 Å². The van der Waals surface area contributed by atoms with Crippen molar-refractivity contribution in [3.8, 4) is 0 Å². The highest BCUT2D eigenvalue weighted by molar-refractivity contribution is 7.92. The lowest BCUT2D eigenvalue weighted by molar-refractivity contribution is -0.140. The third kappa shape index (κ3) is 9.10. The summed E-state index contributed by atoms with van der Waals surface area (Å²) >= 11 is 12.5. The smallest absolute Gasteiger partial charge is 0.264 e. The normalized spacial score (nSPS) is 12.3. The number of amides is 2. The summed E-state index contributed by atoms with van der Waals surface area (Å²) in [6, 6.07) is 28.4. The molecule has 0 saturated heterocycles. The third-order valence-corrected chi connectivity index (χ3v) is 9.53. The summed E-state index contributed by atoms with van der Waals surface area (Å²) in [6.07, 6.45) is 0.221. The lowest BCUT2D eigenvalue weighted by atomic mass is 10.0. The van der Waals surface area contributed by atoms with Crippen molar-refractivity contribution in [2.24, 2.45) is 0 Å². The minimum atomic E-state index is -4.24. The molecule has 0 radical (unpaired) electrons. The lowest BCUT2D eigenvalue weighted by Gasteiger charge is -2.35. The first kappa shape index (κ1) is 34.0. The van der Waals surface area contributed by atoms with E-state index in [0.29, 0.717) is 0 Å². The van der Waals surface area contributed by atoms with E-state index in [-0.39, 0.29) is 39.5 Å². The molecule has 0 bridgehead atoms. The molecule has 10 heteroatoms. The molecule has 1 atom stereocenters. The van der Waals surface area contributed by atoms with Crippen LogP contribution >= 0.6 is 23.2 Å². The minimum Gasteiger partial charge on any atom is -0.350 e. The number of hydrogen-bond acceptors (Lipinski definition) is 4. The van der Waals surface area contributed by atoms with E-state index >= 15 is 0 Å². The number of hydrogen-bond donors (Lipinski definition) is 1. The molecule has 0 aliphatic heterocycles. The van der Waals surface area contributed by atoms with Gasteiger partial charge in [0.1, 0.15) is 12.6 Å². The fourth-order valence-electron chi connectivity index (χ4n) is 4.90. The summed E-state index contributed by atoms with van der Waals surface area (Å²) in [5.41, 5.74) is 2.23.